The highest BCUT2D eigenvalue weighted by Gasteiger charge is 2.32. The van der Waals surface area contributed by atoms with Crippen molar-refractivity contribution in [2.45, 2.75) is 77.7 Å². The van der Waals surface area contributed by atoms with Gasteiger partial charge in [-0.05, 0) is 93.2 Å². The third-order valence-corrected chi connectivity index (χ3v) is 11.0. The van der Waals surface area contributed by atoms with E-state index in [0.29, 0.717) is 51.7 Å². The standard InChI is InChI=1S/C41H52N8O3/c1-5-35(50)46-33-25-30(14-15-34(33)52-32-12-8-7-9-13-32)37-36-38(42)44-27-45-39(36)49(47-37)31-17-22-48(23-18-31)24-21-43-40(51)29(4)16-20-41(6-2)19-10-11-28(3)26-41/h5,7-9,12-15,25,27,29,31H,1,3,6,10-11,16-24,26H2,2,4H3,(H,43,51)(H,46,50)(H2,42,44,45)/t29-,41?/m1/s1. The number of hydrogen-bond acceptors (Lipinski definition) is 8. The summed E-state index contributed by atoms with van der Waals surface area (Å²) in [5.41, 5.74) is 10.7. The molecule has 4 N–H and O–H groups in total. The first-order valence-corrected chi connectivity index (χ1v) is 18.6. The molecule has 0 spiro atoms. The highest BCUT2D eigenvalue weighted by Crippen LogP contribution is 2.45. The number of nitrogens with zero attached hydrogens (tertiary/aromatic N) is 5. The predicted molar refractivity (Wildman–Crippen MR) is 207 cm³/mol. The van der Waals surface area contributed by atoms with Crippen molar-refractivity contribution in [2.75, 3.05) is 37.2 Å². The van der Waals surface area contributed by atoms with Gasteiger partial charge in [0.25, 0.3) is 0 Å². The topological polar surface area (TPSA) is 140 Å². The van der Waals surface area contributed by atoms with E-state index < -0.39 is 0 Å². The Balaban J connectivity index is 1.09. The fourth-order valence-electron chi connectivity index (χ4n) is 7.78. The molecule has 4 aromatic rings. The number of carbonyl (C=O) groups is 2. The number of aromatic nitrogens is 4. The molecule has 2 amide bonds. The predicted octanol–water partition coefficient (Wildman–Crippen LogP) is 7.69. The lowest BCUT2D eigenvalue weighted by Gasteiger charge is -2.38. The molecular formula is C41H52N8O3. The number of ether oxygens (including phenoxy) is 1. The van der Waals surface area contributed by atoms with Crippen molar-refractivity contribution in [3.8, 4) is 22.8 Å². The van der Waals surface area contributed by atoms with E-state index in [1.54, 1.807) is 6.07 Å². The molecule has 1 aliphatic carbocycles. The Morgan fingerprint density at radius 3 is 2.67 bits per heavy atom. The number of fused-ring (bicyclic) bond motifs is 1. The molecule has 274 valence electrons. The minimum absolute atomic E-state index is 0.00278. The number of nitrogens with one attached hydrogen (secondary N) is 2. The van der Waals surface area contributed by atoms with Gasteiger partial charge in [-0.3, -0.25) is 9.59 Å². The van der Waals surface area contributed by atoms with Crippen molar-refractivity contribution < 1.29 is 14.3 Å². The molecular weight excluding hydrogens is 653 g/mol. The van der Waals surface area contributed by atoms with Crippen LogP contribution in [0.15, 0.2) is 79.7 Å². The van der Waals surface area contributed by atoms with Crippen molar-refractivity contribution in [2.24, 2.45) is 11.3 Å². The number of nitrogens with two attached hydrogens (primary N) is 1. The zero-order valence-corrected chi connectivity index (χ0v) is 30.6. The summed E-state index contributed by atoms with van der Waals surface area (Å²) in [5.74, 6) is 1.25. The largest absolute Gasteiger partial charge is 0.455 e. The Kier molecular flexibility index (Phi) is 11.7. The molecule has 0 radical (unpaired) electrons. The van der Waals surface area contributed by atoms with Crippen LogP contribution in [0.3, 0.4) is 0 Å². The van der Waals surface area contributed by atoms with Crippen molar-refractivity contribution in [3.05, 3.63) is 79.7 Å². The van der Waals surface area contributed by atoms with Crippen LogP contribution in [-0.2, 0) is 9.59 Å². The molecule has 2 aromatic carbocycles. The van der Waals surface area contributed by atoms with E-state index >= 15 is 0 Å². The van der Waals surface area contributed by atoms with Gasteiger partial charge >= 0.3 is 0 Å². The molecule has 1 saturated carbocycles. The van der Waals surface area contributed by atoms with E-state index in [4.69, 9.17) is 15.6 Å². The lowest BCUT2D eigenvalue weighted by molar-refractivity contribution is -0.125. The SMILES string of the molecule is C=CC(=O)Nc1cc(-c2nn(C3CCN(CCNC(=O)[C@H](C)CCC4(CC)CCCC(=C)C4)CC3)c3ncnc(N)c23)ccc1Oc1ccccc1. The average molecular weight is 705 g/mol. The van der Waals surface area contributed by atoms with Crippen LogP contribution in [0.2, 0.25) is 0 Å². The van der Waals surface area contributed by atoms with Crippen LogP contribution in [0, 0.1) is 11.3 Å². The molecule has 0 bridgehead atoms. The quantitative estimate of drug-likeness (QED) is 0.0897. The number of para-hydroxylation sites is 1. The van der Waals surface area contributed by atoms with Crippen LogP contribution in [0.5, 0.6) is 11.5 Å². The molecule has 11 nitrogen and oxygen atoms in total. The van der Waals surface area contributed by atoms with Crippen LogP contribution in [0.25, 0.3) is 22.3 Å². The van der Waals surface area contributed by atoms with Crippen molar-refractivity contribution in [1.29, 1.82) is 0 Å². The number of anilines is 2. The summed E-state index contributed by atoms with van der Waals surface area (Å²) < 4.78 is 8.09. The first-order chi connectivity index (χ1) is 25.2. The van der Waals surface area contributed by atoms with Crippen LogP contribution >= 0.6 is 0 Å². The lowest BCUT2D eigenvalue weighted by Crippen LogP contribution is -2.41. The van der Waals surface area contributed by atoms with E-state index in [-0.39, 0.29) is 23.8 Å². The Labute approximate surface area is 306 Å². The molecule has 2 aliphatic rings. The van der Waals surface area contributed by atoms with Gasteiger partial charge in [0.05, 0.1) is 17.1 Å². The summed E-state index contributed by atoms with van der Waals surface area (Å²) in [6.45, 7) is 15.4. The smallest absolute Gasteiger partial charge is 0.247 e. The number of rotatable bonds is 14. The van der Waals surface area contributed by atoms with Gasteiger partial charge in [0.1, 0.15) is 23.6 Å². The third-order valence-electron chi connectivity index (χ3n) is 11.0. The third kappa shape index (κ3) is 8.53. The molecule has 52 heavy (non-hydrogen) atoms. The van der Waals surface area contributed by atoms with Gasteiger partial charge in [-0.2, -0.15) is 5.10 Å². The number of piperidine rings is 1. The number of hydrogen-bond donors (Lipinski definition) is 3. The number of benzene rings is 2. The summed E-state index contributed by atoms with van der Waals surface area (Å²) in [5, 5.41) is 11.8. The number of likely N-dealkylation sites (tertiary alicyclic amines) is 1. The van der Waals surface area contributed by atoms with E-state index in [2.05, 4.69) is 52.5 Å². The Bertz CT molecular complexity index is 1900. The number of nitrogen functional groups attached to an aromatic ring is 1. The van der Waals surface area contributed by atoms with Crippen LogP contribution in [-0.4, -0.2) is 62.6 Å². The van der Waals surface area contributed by atoms with Gasteiger partial charge in [-0.15, -0.1) is 0 Å². The summed E-state index contributed by atoms with van der Waals surface area (Å²) in [7, 11) is 0. The van der Waals surface area contributed by atoms with Crippen LogP contribution in [0.1, 0.15) is 77.7 Å². The van der Waals surface area contributed by atoms with Gasteiger partial charge < -0.3 is 26.0 Å². The number of allylic oxidation sites excluding steroid dienone is 1. The maximum absolute atomic E-state index is 13.0. The van der Waals surface area contributed by atoms with Gasteiger partial charge in [-0.1, -0.05) is 57.2 Å². The average Bonchev–Trinajstić information content (AvgIpc) is 3.56. The summed E-state index contributed by atoms with van der Waals surface area (Å²) >= 11 is 0. The van der Waals surface area contributed by atoms with Crippen molar-refractivity contribution >= 4 is 34.4 Å². The van der Waals surface area contributed by atoms with Gasteiger partial charge in [0, 0.05) is 37.7 Å². The Hall–Kier alpha value is -5.03. The maximum atomic E-state index is 13.0. The molecule has 3 heterocycles. The lowest BCUT2D eigenvalue weighted by atomic mass is 9.67. The minimum atomic E-state index is -0.361. The molecule has 1 unspecified atom stereocenters. The molecule has 2 aromatic heterocycles. The fourth-order valence-corrected chi connectivity index (χ4v) is 7.78. The Morgan fingerprint density at radius 1 is 1.15 bits per heavy atom. The molecule has 2 atom stereocenters. The van der Waals surface area contributed by atoms with E-state index in [1.807, 2.05) is 47.1 Å². The van der Waals surface area contributed by atoms with Crippen molar-refractivity contribution in [3.63, 3.8) is 0 Å². The zero-order chi connectivity index (χ0) is 36.7. The van der Waals surface area contributed by atoms with E-state index in [1.165, 1.54) is 30.8 Å². The monoisotopic (exact) mass is 704 g/mol. The fraction of sp³-hybridized carbons (Fsp3) is 0.439. The van der Waals surface area contributed by atoms with E-state index in [0.717, 1.165) is 70.1 Å². The summed E-state index contributed by atoms with van der Waals surface area (Å²) in [4.78, 5) is 36.7. The second-order valence-corrected chi connectivity index (χ2v) is 14.5. The zero-order valence-electron chi connectivity index (χ0n) is 30.6. The summed E-state index contributed by atoms with van der Waals surface area (Å²) in [6, 6.07) is 15.0. The first-order valence-electron chi connectivity index (χ1n) is 18.6. The highest BCUT2D eigenvalue weighted by molar-refractivity contribution is 6.02. The van der Waals surface area contributed by atoms with Gasteiger partial charge in [0.15, 0.2) is 11.4 Å². The van der Waals surface area contributed by atoms with E-state index in [9.17, 15) is 9.59 Å². The van der Waals surface area contributed by atoms with Gasteiger partial charge in [0.2, 0.25) is 11.8 Å². The first kappa shape index (κ1) is 36.8. The molecule has 11 heteroatoms. The van der Waals surface area contributed by atoms with Crippen molar-refractivity contribution in [1.82, 2.24) is 30.0 Å². The number of amides is 2. The van der Waals surface area contributed by atoms with Crippen LogP contribution in [0.4, 0.5) is 11.5 Å². The molecule has 1 saturated heterocycles. The maximum Gasteiger partial charge on any atom is 0.247 e. The second kappa shape index (κ2) is 16.5. The molecule has 6 rings (SSSR count). The molecule has 1 aliphatic heterocycles. The number of carbonyl (C=O) groups excluding carboxylic acids is 2. The van der Waals surface area contributed by atoms with Gasteiger partial charge in [-0.25, -0.2) is 14.6 Å². The Morgan fingerprint density at radius 2 is 1.94 bits per heavy atom. The summed E-state index contributed by atoms with van der Waals surface area (Å²) in [6.07, 6.45) is 12.3. The molecule has 2 fully saturated rings. The van der Waals surface area contributed by atoms with Crippen LogP contribution < -0.4 is 21.1 Å². The minimum Gasteiger partial charge on any atom is -0.455 e. The normalized spacial score (nSPS) is 18.9. The highest BCUT2D eigenvalue weighted by atomic mass is 16.5. The second-order valence-electron chi connectivity index (χ2n) is 14.5.